The van der Waals surface area contributed by atoms with Crippen LogP contribution in [0.2, 0.25) is 0 Å². The summed E-state index contributed by atoms with van der Waals surface area (Å²) in [5.41, 5.74) is 0.391. The van der Waals surface area contributed by atoms with E-state index in [1.807, 2.05) is 0 Å². The minimum atomic E-state index is -0.688. The van der Waals surface area contributed by atoms with E-state index in [2.05, 4.69) is 5.32 Å². The predicted molar refractivity (Wildman–Crippen MR) is 105 cm³/mol. The van der Waals surface area contributed by atoms with Crippen molar-refractivity contribution in [1.82, 2.24) is 0 Å². The number of non-ortho nitro benzene ring substituents is 1. The van der Waals surface area contributed by atoms with Crippen molar-refractivity contribution < 1.29 is 23.7 Å². The number of nitro benzene ring substituents is 1. The molecule has 8 nitrogen and oxygen atoms in total. The minimum absolute atomic E-state index is 0.0123. The molecule has 0 saturated heterocycles. The van der Waals surface area contributed by atoms with Gasteiger partial charge in [0.25, 0.3) is 23.4 Å². The van der Waals surface area contributed by atoms with Gasteiger partial charge in [-0.05, 0) is 48.5 Å². The standard InChI is InChI=1S/C21H12FN3O5/c22-13-5-7-14(8-6-13)23-19(26)12-4-9-17-18(10-12)21(28)24(20(17)27)15-2-1-3-16(11-15)25(29)30/h1-11H,(H,23,26). The first-order chi connectivity index (χ1) is 14.3. The first-order valence-electron chi connectivity index (χ1n) is 8.69. The van der Waals surface area contributed by atoms with Gasteiger partial charge in [0.2, 0.25) is 0 Å². The van der Waals surface area contributed by atoms with E-state index in [0.29, 0.717) is 5.69 Å². The second-order valence-electron chi connectivity index (χ2n) is 6.44. The van der Waals surface area contributed by atoms with Crippen LogP contribution < -0.4 is 10.2 Å². The second-order valence-corrected chi connectivity index (χ2v) is 6.44. The van der Waals surface area contributed by atoms with Crippen LogP contribution in [0.25, 0.3) is 0 Å². The minimum Gasteiger partial charge on any atom is -0.322 e. The molecule has 3 amide bonds. The van der Waals surface area contributed by atoms with Crippen LogP contribution >= 0.6 is 0 Å². The summed E-state index contributed by atoms with van der Waals surface area (Å²) in [4.78, 5) is 49.2. The molecule has 1 heterocycles. The maximum absolute atomic E-state index is 13.0. The number of nitro groups is 1. The van der Waals surface area contributed by atoms with E-state index >= 15 is 0 Å². The van der Waals surface area contributed by atoms with Crippen LogP contribution in [0.5, 0.6) is 0 Å². The highest BCUT2D eigenvalue weighted by Gasteiger charge is 2.37. The quantitative estimate of drug-likeness (QED) is 0.403. The summed E-state index contributed by atoms with van der Waals surface area (Å²) >= 11 is 0. The van der Waals surface area contributed by atoms with E-state index in [-0.39, 0.29) is 28.1 Å². The number of carbonyl (C=O) groups is 3. The number of hydrogen-bond acceptors (Lipinski definition) is 5. The Morgan fingerprint density at radius 3 is 2.33 bits per heavy atom. The monoisotopic (exact) mass is 405 g/mol. The fourth-order valence-electron chi connectivity index (χ4n) is 3.10. The Hall–Kier alpha value is -4.40. The zero-order chi connectivity index (χ0) is 21.4. The fraction of sp³-hybridized carbons (Fsp3) is 0. The number of amides is 3. The van der Waals surface area contributed by atoms with E-state index < -0.39 is 28.5 Å². The Bertz CT molecular complexity index is 1220. The summed E-state index contributed by atoms with van der Waals surface area (Å²) in [7, 11) is 0. The van der Waals surface area contributed by atoms with Crippen LogP contribution in [0.3, 0.4) is 0 Å². The van der Waals surface area contributed by atoms with Crippen LogP contribution in [0, 0.1) is 15.9 Å². The number of rotatable bonds is 4. The lowest BCUT2D eigenvalue weighted by atomic mass is 10.1. The first kappa shape index (κ1) is 18.9. The molecule has 0 spiro atoms. The van der Waals surface area contributed by atoms with E-state index in [9.17, 15) is 28.9 Å². The Balaban J connectivity index is 1.63. The van der Waals surface area contributed by atoms with E-state index in [1.165, 1.54) is 60.7 Å². The third kappa shape index (κ3) is 3.28. The summed E-state index contributed by atoms with van der Waals surface area (Å²) in [6, 6.07) is 14.4. The summed E-state index contributed by atoms with van der Waals surface area (Å²) in [6.07, 6.45) is 0. The van der Waals surface area contributed by atoms with E-state index in [4.69, 9.17) is 0 Å². The van der Waals surface area contributed by atoms with Gasteiger partial charge >= 0.3 is 0 Å². The van der Waals surface area contributed by atoms with Crippen molar-refractivity contribution in [3.05, 3.63) is 99.4 Å². The maximum atomic E-state index is 13.0. The van der Waals surface area contributed by atoms with Gasteiger partial charge in [0.05, 0.1) is 21.7 Å². The summed E-state index contributed by atoms with van der Waals surface area (Å²) in [5.74, 6) is -2.32. The molecular formula is C21H12FN3O5. The number of halogens is 1. The van der Waals surface area contributed by atoms with Crippen LogP contribution in [0.1, 0.15) is 31.1 Å². The largest absolute Gasteiger partial charge is 0.322 e. The fourth-order valence-corrected chi connectivity index (χ4v) is 3.10. The molecule has 0 unspecified atom stereocenters. The van der Waals surface area contributed by atoms with Crippen molar-refractivity contribution in [2.75, 3.05) is 10.2 Å². The Labute approximate surface area is 168 Å². The van der Waals surface area contributed by atoms with Crippen molar-refractivity contribution in [2.45, 2.75) is 0 Å². The van der Waals surface area contributed by atoms with Gasteiger partial charge in [-0.2, -0.15) is 0 Å². The molecule has 4 rings (SSSR count). The lowest BCUT2D eigenvalue weighted by molar-refractivity contribution is -0.384. The van der Waals surface area contributed by atoms with Gasteiger partial charge < -0.3 is 5.32 Å². The molecular weight excluding hydrogens is 393 g/mol. The molecule has 148 valence electrons. The van der Waals surface area contributed by atoms with E-state index in [0.717, 1.165) is 11.0 Å². The van der Waals surface area contributed by atoms with Gasteiger partial charge in [-0.1, -0.05) is 6.07 Å². The van der Waals surface area contributed by atoms with Crippen LogP contribution in [-0.4, -0.2) is 22.6 Å². The van der Waals surface area contributed by atoms with Crippen molar-refractivity contribution in [1.29, 1.82) is 0 Å². The number of nitrogens with zero attached hydrogens (tertiary/aromatic N) is 2. The molecule has 0 bridgehead atoms. The number of fused-ring (bicyclic) bond motifs is 1. The van der Waals surface area contributed by atoms with Crippen LogP contribution in [-0.2, 0) is 0 Å². The number of carbonyl (C=O) groups excluding carboxylic acids is 3. The summed E-state index contributed by atoms with van der Waals surface area (Å²) in [6.45, 7) is 0. The molecule has 30 heavy (non-hydrogen) atoms. The maximum Gasteiger partial charge on any atom is 0.271 e. The van der Waals surface area contributed by atoms with Crippen LogP contribution in [0.4, 0.5) is 21.5 Å². The van der Waals surface area contributed by atoms with Crippen LogP contribution in [0.15, 0.2) is 66.7 Å². The van der Waals surface area contributed by atoms with Gasteiger partial charge in [-0.25, -0.2) is 9.29 Å². The Kier molecular flexibility index (Phi) is 4.55. The molecule has 3 aromatic rings. The number of nitrogens with one attached hydrogen (secondary N) is 1. The normalized spacial score (nSPS) is 12.6. The van der Waals surface area contributed by atoms with Crippen molar-refractivity contribution in [3.8, 4) is 0 Å². The lowest BCUT2D eigenvalue weighted by Gasteiger charge is -2.13. The topological polar surface area (TPSA) is 110 Å². The molecule has 1 aliphatic heterocycles. The van der Waals surface area contributed by atoms with Crippen molar-refractivity contribution >= 4 is 34.8 Å². The number of hydrogen-bond donors (Lipinski definition) is 1. The lowest BCUT2D eigenvalue weighted by Crippen LogP contribution is -2.29. The van der Waals surface area contributed by atoms with Gasteiger partial charge in [-0.3, -0.25) is 24.5 Å². The highest BCUT2D eigenvalue weighted by molar-refractivity contribution is 6.34. The number of anilines is 2. The average molecular weight is 405 g/mol. The van der Waals surface area contributed by atoms with Crippen molar-refractivity contribution in [3.63, 3.8) is 0 Å². The molecule has 1 N–H and O–H groups in total. The molecule has 0 aromatic heterocycles. The number of imide groups is 1. The highest BCUT2D eigenvalue weighted by atomic mass is 19.1. The smallest absolute Gasteiger partial charge is 0.271 e. The van der Waals surface area contributed by atoms with E-state index in [1.54, 1.807) is 0 Å². The predicted octanol–water partition coefficient (Wildman–Crippen LogP) is 3.79. The highest BCUT2D eigenvalue weighted by Crippen LogP contribution is 2.31. The molecule has 9 heteroatoms. The zero-order valence-electron chi connectivity index (χ0n) is 15.2. The molecule has 0 fully saturated rings. The Morgan fingerprint density at radius 2 is 1.63 bits per heavy atom. The first-order valence-corrected chi connectivity index (χ1v) is 8.69. The molecule has 0 saturated carbocycles. The molecule has 0 aliphatic carbocycles. The third-order valence-electron chi connectivity index (χ3n) is 4.55. The van der Waals surface area contributed by atoms with Gasteiger partial charge in [-0.15, -0.1) is 0 Å². The summed E-state index contributed by atoms with van der Waals surface area (Å²) < 4.78 is 13.0. The Morgan fingerprint density at radius 1 is 0.933 bits per heavy atom. The average Bonchev–Trinajstić information content (AvgIpc) is 2.99. The van der Waals surface area contributed by atoms with Crippen molar-refractivity contribution in [2.24, 2.45) is 0 Å². The zero-order valence-corrected chi connectivity index (χ0v) is 15.2. The number of benzene rings is 3. The molecule has 3 aromatic carbocycles. The summed E-state index contributed by atoms with van der Waals surface area (Å²) in [5, 5.41) is 13.6. The van der Waals surface area contributed by atoms with Gasteiger partial charge in [0, 0.05) is 23.4 Å². The molecule has 0 atom stereocenters. The van der Waals surface area contributed by atoms with Gasteiger partial charge in [0.1, 0.15) is 5.82 Å². The third-order valence-corrected chi connectivity index (χ3v) is 4.55. The molecule has 1 aliphatic rings. The SMILES string of the molecule is O=C(Nc1ccc(F)cc1)c1ccc2c(c1)C(=O)N(c1cccc([N+](=O)[O-])c1)C2=O. The molecule has 0 radical (unpaired) electrons. The second kappa shape index (κ2) is 7.21. The van der Waals surface area contributed by atoms with Gasteiger partial charge in [0.15, 0.2) is 0 Å².